The van der Waals surface area contributed by atoms with E-state index in [0.717, 1.165) is 12.1 Å². The van der Waals surface area contributed by atoms with Crippen LogP contribution in [0.4, 0.5) is 13.2 Å². The SMILES string of the molecule is N#C[C@@H](c1ccc(F)cc1)N1CCN(C(=O)c2ccc(F)cc2F)CC1. The van der Waals surface area contributed by atoms with Gasteiger partial charge in [-0.2, -0.15) is 5.26 Å². The first kappa shape index (κ1) is 18.0. The van der Waals surface area contributed by atoms with Crippen LogP contribution in [0, 0.1) is 28.8 Å². The Balaban J connectivity index is 1.67. The Hall–Kier alpha value is -2.85. The highest BCUT2D eigenvalue weighted by molar-refractivity contribution is 5.94. The average molecular weight is 359 g/mol. The number of rotatable bonds is 3. The van der Waals surface area contributed by atoms with Gasteiger partial charge in [0.15, 0.2) is 0 Å². The van der Waals surface area contributed by atoms with E-state index in [1.807, 2.05) is 4.90 Å². The monoisotopic (exact) mass is 359 g/mol. The number of hydrogen-bond acceptors (Lipinski definition) is 3. The van der Waals surface area contributed by atoms with Crippen LogP contribution in [0.25, 0.3) is 0 Å². The van der Waals surface area contributed by atoms with Crippen LogP contribution in [-0.4, -0.2) is 41.9 Å². The number of halogens is 3. The molecule has 0 saturated carbocycles. The third-order valence-electron chi connectivity index (χ3n) is 4.44. The number of benzene rings is 2. The quantitative estimate of drug-likeness (QED) is 0.846. The molecule has 1 atom stereocenters. The molecule has 1 aliphatic heterocycles. The number of carbonyl (C=O) groups excluding carboxylic acids is 1. The van der Waals surface area contributed by atoms with Gasteiger partial charge >= 0.3 is 0 Å². The second kappa shape index (κ2) is 7.58. The van der Waals surface area contributed by atoms with Crippen LogP contribution in [0.3, 0.4) is 0 Å². The molecule has 0 unspecified atom stereocenters. The van der Waals surface area contributed by atoms with Crippen LogP contribution in [-0.2, 0) is 0 Å². The summed E-state index contributed by atoms with van der Waals surface area (Å²) in [5.41, 5.74) is 0.508. The van der Waals surface area contributed by atoms with Gasteiger partial charge in [-0.3, -0.25) is 9.69 Å². The van der Waals surface area contributed by atoms with Gasteiger partial charge in [0.2, 0.25) is 0 Å². The molecule has 1 amide bonds. The standard InChI is InChI=1S/C19H16F3N3O/c20-14-3-1-13(2-4-14)18(12-23)24-7-9-25(10-8-24)19(26)16-6-5-15(21)11-17(16)22/h1-6,11,18H,7-10H2/t18-/m0/s1. The molecule has 0 aliphatic carbocycles. The molecule has 0 bridgehead atoms. The van der Waals surface area contributed by atoms with Gasteiger partial charge in [0.1, 0.15) is 23.5 Å². The minimum Gasteiger partial charge on any atom is -0.336 e. The fraction of sp³-hybridized carbons (Fsp3) is 0.263. The van der Waals surface area contributed by atoms with Gasteiger partial charge in [-0.05, 0) is 29.8 Å². The average Bonchev–Trinajstić information content (AvgIpc) is 2.64. The Morgan fingerprint density at radius 2 is 1.58 bits per heavy atom. The van der Waals surface area contributed by atoms with Crippen LogP contribution < -0.4 is 0 Å². The minimum atomic E-state index is -0.890. The van der Waals surface area contributed by atoms with Gasteiger partial charge < -0.3 is 4.90 Å². The highest BCUT2D eigenvalue weighted by atomic mass is 19.1. The van der Waals surface area contributed by atoms with E-state index >= 15 is 0 Å². The van der Waals surface area contributed by atoms with E-state index in [0.29, 0.717) is 37.8 Å². The van der Waals surface area contributed by atoms with Gasteiger partial charge in [0.25, 0.3) is 5.91 Å². The van der Waals surface area contributed by atoms with Crippen molar-refractivity contribution in [2.45, 2.75) is 6.04 Å². The van der Waals surface area contributed by atoms with Gasteiger partial charge in [0, 0.05) is 32.2 Å². The molecule has 26 heavy (non-hydrogen) atoms. The van der Waals surface area contributed by atoms with E-state index in [9.17, 15) is 23.2 Å². The van der Waals surface area contributed by atoms with Crippen LogP contribution >= 0.6 is 0 Å². The van der Waals surface area contributed by atoms with Crippen LogP contribution in [0.2, 0.25) is 0 Å². The molecule has 0 radical (unpaired) electrons. The largest absolute Gasteiger partial charge is 0.336 e. The third-order valence-corrected chi connectivity index (χ3v) is 4.44. The summed E-state index contributed by atoms with van der Waals surface area (Å²) < 4.78 is 39.9. The molecule has 1 saturated heterocycles. The van der Waals surface area contributed by atoms with Crippen molar-refractivity contribution in [2.24, 2.45) is 0 Å². The van der Waals surface area contributed by atoms with Gasteiger partial charge in [-0.1, -0.05) is 12.1 Å². The number of amides is 1. The lowest BCUT2D eigenvalue weighted by molar-refractivity contribution is 0.0602. The minimum absolute atomic E-state index is 0.171. The first-order valence-electron chi connectivity index (χ1n) is 8.13. The first-order chi connectivity index (χ1) is 12.5. The molecule has 0 N–H and O–H groups in total. The second-order valence-electron chi connectivity index (χ2n) is 6.04. The maximum absolute atomic E-state index is 13.8. The number of hydrogen-bond donors (Lipinski definition) is 0. The zero-order valence-electron chi connectivity index (χ0n) is 13.8. The summed E-state index contributed by atoms with van der Waals surface area (Å²) in [6.07, 6.45) is 0. The highest BCUT2D eigenvalue weighted by Gasteiger charge is 2.28. The summed E-state index contributed by atoms with van der Waals surface area (Å²) in [7, 11) is 0. The van der Waals surface area contributed by atoms with Crippen molar-refractivity contribution in [3.8, 4) is 6.07 Å². The topological polar surface area (TPSA) is 47.3 Å². The molecule has 2 aromatic carbocycles. The molecule has 0 spiro atoms. The Morgan fingerprint density at radius 1 is 0.962 bits per heavy atom. The lowest BCUT2D eigenvalue weighted by Gasteiger charge is -2.37. The van der Waals surface area contributed by atoms with E-state index in [-0.39, 0.29) is 11.4 Å². The molecule has 1 heterocycles. The molecular formula is C19H16F3N3O. The predicted octanol–water partition coefficient (Wildman–Crippen LogP) is 3.13. The Labute approximate surface area is 149 Å². The fourth-order valence-electron chi connectivity index (χ4n) is 3.03. The number of nitrogens with zero attached hydrogens (tertiary/aromatic N) is 3. The van der Waals surface area contributed by atoms with Gasteiger partial charge in [-0.15, -0.1) is 0 Å². The Morgan fingerprint density at radius 3 is 2.15 bits per heavy atom. The zero-order valence-corrected chi connectivity index (χ0v) is 13.8. The van der Waals surface area contributed by atoms with E-state index in [1.54, 1.807) is 12.1 Å². The van der Waals surface area contributed by atoms with Crippen molar-refractivity contribution in [3.63, 3.8) is 0 Å². The number of carbonyl (C=O) groups is 1. The normalized spacial score (nSPS) is 16.2. The van der Waals surface area contributed by atoms with E-state index in [1.165, 1.54) is 17.0 Å². The van der Waals surface area contributed by atoms with Crippen LogP contribution in [0.5, 0.6) is 0 Å². The van der Waals surface area contributed by atoms with E-state index < -0.39 is 23.6 Å². The molecule has 134 valence electrons. The van der Waals surface area contributed by atoms with Crippen molar-refractivity contribution >= 4 is 5.91 Å². The van der Waals surface area contributed by atoms with E-state index in [4.69, 9.17) is 0 Å². The van der Waals surface area contributed by atoms with Crippen molar-refractivity contribution < 1.29 is 18.0 Å². The Kier molecular flexibility index (Phi) is 5.24. The molecule has 1 aliphatic rings. The summed E-state index contributed by atoms with van der Waals surface area (Å²) in [6.45, 7) is 1.47. The highest BCUT2D eigenvalue weighted by Crippen LogP contribution is 2.23. The maximum Gasteiger partial charge on any atom is 0.256 e. The first-order valence-corrected chi connectivity index (χ1v) is 8.13. The summed E-state index contributed by atoms with van der Waals surface area (Å²) in [5, 5.41) is 9.47. The summed E-state index contributed by atoms with van der Waals surface area (Å²) in [6, 6.07) is 10.3. The summed E-state index contributed by atoms with van der Waals surface area (Å²) >= 11 is 0. The lowest BCUT2D eigenvalue weighted by Crippen LogP contribution is -2.49. The zero-order chi connectivity index (χ0) is 18.7. The van der Waals surface area contributed by atoms with Crippen molar-refractivity contribution in [1.82, 2.24) is 9.80 Å². The Bertz CT molecular complexity index is 840. The van der Waals surface area contributed by atoms with Crippen LogP contribution in [0.1, 0.15) is 22.0 Å². The molecule has 2 aromatic rings. The number of piperazine rings is 1. The molecular weight excluding hydrogens is 343 g/mol. The molecule has 3 rings (SSSR count). The lowest BCUT2D eigenvalue weighted by atomic mass is 10.1. The van der Waals surface area contributed by atoms with Gasteiger partial charge in [0.05, 0.1) is 11.6 Å². The molecule has 1 fully saturated rings. The van der Waals surface area contributed by atoms with Crippen molar-refractivity contribution in [2.75, 3.05) is 26.2 Å². The van der Waals surface area contributed by atoms with Gasteiger partial charge in [-0.25, -0.2) is 13.2 Å². The van der Waals surface area contributed by atoms with Crippen molar-refractivity contribution in [1.29, 1.82) is 5.26 Å². The predicted molar refractivity (Wildman–Crippen MR) is 88.6 cm³/mol. The summed E-state index contributed by atoms with van der Waals surface area (Å²) in [4.78, 5) is 15.8. The molecule has 0 aromatic heterocycles. The maximum atomic E-state index is 13.8. The number of nitriles is 1. The molecule has 4 nitrogen and oxygen atoms in total. The fourth-order valence-corrected chi connectivity index (χ4v) is 3.03. The van der Waals surface area contributed by atoms with Crippen LogP contribution in [0.15, 0.2) is 42.5 Å². The molecule has 7 heteroatoms. The second-order valence-corrected chi connectivity index (χ2v) is 6.04. The smallest absolute Gasteiger partial charge is 0.256 e. The third kappa shape index (κ3) is 3.70. The van der Waals surface area contributed by atoms with E-state index in [2.05, 4.69) is 6.07 Å². The summed E-state index contributed by atoms with van der Waals surface area (Å²) in [5.74, 6) is -2.50. The van der Waals surface area contributed by atoms with Crippen molar-refractivity contribution in [3.05, 3.63) is 71.0 Å².